The van der Waals surface area contributed by atoms with Crippen molar-refractivity contribution in [1.29, 1.82) is 0 Å². The van der Waals surface area contributed by atoms with Crippen LogP contribution in [0.4, 0.5) is 5.13 Å². The number of hydrogen-bond donors (Lipinski definition) is 1. The van der Waals surface area contributed by atoms with E-state index in [1.807, 2.05) is 23.7 Å². The Morgan fingerprint density at radius 1 is 1.32 bits per heavy atom. The minimum atomic E-state index is 0.657. The van der Waals surface area contributed by atoms with Gasteiger partial charge in [0.2, 0.25) is 0 Å². The molecule has 1 aliphatic rings. The van der Waals surface area contributed by atoms with Crippen molar-refractivity contribution in [3.05, 3.63) is 41.4 Å². The van der Waals surface area contributed by atoms with Gasteiger partial charge in [0.1, 0.15) is 5.75 Å². The lowest BCUT2D eigenvalue weighted by Gasteiger charge is -2.35. The molecule has 2 N–H and O–H groups in total. The van der Waals surface area contributed by atoms with Gasteiger partial charge in [-0.25, -0.2) is 4.98 Å². The molecule has 0 atom stereocenters. The van der Waals surface area contributed by atoms with E-state index >= 15 is 0 Å². The molecule has 1 aromatic carbocycles. The predicted molar refractivity (Wildman–Crippen MR) is 104 cm³/mol. The van der Waals surface area contributed by atoms with Gasteiger partial charge >= 0.3 is 0 Å². The van der Waals surface area contributed by atoms with Gasteiger partial charge in [0.05, 0.1) is 7.11 Å². The molecule has 25 heavy (non-hydrogen) atoms. The lowest BCUT2D eigenvalue weighted by atomic mass is 10.1. The third-order valence-corrected chi connectivity index (χ3v) is 5.16. The summed E-state index contributed by atoms with van der Waals surface area (Å²) in [6.45, 7) is 4.41. The summed E-state index contributed by atoms with van der Waals surface area (Å²) < 4.78 is 5.25. The predicted octanol–water partition coefficient (Wildman–Crippen LogP) is 2.22. The Morgan fingerprint density at radius 3 is 2.88 bits per heavy atom. The molecule has 0 saturated carbocycles. The van der Waals surface area contributed by atoms with E-state index in [9.17, 15) is 0 Å². The Hall–Kier alpha value is -2.28. The maximum atomic E-state index is 6.16. The average molecular weight is 359 g/mol. The van der Waals surface area contributed by atoms with E-state index in [1.165, 1.54) is 5.56 Å². The Morgan fingerprint density at radius 2 is 2.16 bits per heavy atom. The summed E-state index contributed by atoms with van der Waals surface area (Å²) in [6.07, 6.45) is 3.81. The zero-order valence-corrected chi connectivity index (χ0v) is 15.4. The number of benzene rings is 1. The Labute approximate surface area is 152 Å². The van der Waals surface area contributed by atoms with Crippen molar-refractivity contribution in [2.24, 2.45) is 10.7 Å². The fourth-order valence-electron chi connectivity index (χ4n) is 2.90. The standard InChI is InChI=1S/C18H25N5OS/c1-24-16-6-2-4-15(14-16)5-3-7-20-17(19)22-9-11-23(12-10-22)18-21-8-13-25-18/h2,4,6,8,13-14H,3,5,7,9-12H2,1H3,(H2,19,20). The number of guanidine groups is 1. The first-order chi connectivity index (χ1) is 12.3. The third-order valence-electron chi connectivity index (χ3n) is 4.32. The van der Waals surface area contributed by atoms with Crippen LogP contribution in [0.25, 0.3) is 0 Å². The summed E-state index contributed by atoms with van der Waals surface area (Å²) in [5.41, 5.74) is 7.43. The number of aryl methyl sites for hydroxylation is 1. The van der Waals surface area contributed by atoms with Crippen molar-refractivity contribution in [1.82, 2.24) is 9.88 Å². The molecule has 7 heteroatoms. The second-order valence-electron chi connectivity index (χ2n) is 5.98. The molecule has 6 nitrogen and oxygen atoms in total. The molecule has 0 bridgehead atoms. The monoisotopic (exact) mass is 359 g/mol. The topological polar surface area (TPSA) is 67.0 Å². The summed E-state index contributed by atoms with van der Waals surface area (Å²) >= 11 is 1.68. The van der Waals surface area contributed by atoms with Crippen LogP contribution in [0.2, 0.25) is 0 Å². The zero-order chi connectivity index (χ0) is 17.5. The van der Waals surface area contributed by atoms with Crippen molar-refractivity contribution in [3.8, 4) is 5.75 Å². The fraction of sp³-hybridized carbons (Fsp3) is 0.444. The van der Waals surface area contributed by atoms with Gasteiger partial charge in [-0.3, -0.25) is 4.99 Å². The van der Waals surface area contributed by atoms with Gasteiger partial charge in [-0.05, 0) is 30.5 Å². The summed E-state index contributed by atoms with van der Waals surface area (Å²) in [5, 5.41) is 3.10. The Bertz CT molecular complexity index is 681. The molecular formula is C18H25N5OS. The van der Waals surface area contributed by atoms with Gasteiger partial charge in [0, 0.05) is 44.3 Å². The van der Waals surface area contributed by atoms with E-state index in [2.05, 4.69) is 31.9 Å². The van der Waals surface area contributed by atoms with Crippen LogP contribution in [0, 0.1) is 0 Å². The number of anilines is 1. The van der Waals surface area contributed by atoms with Gasteiger partial charge in [0.15, 0.2) is 11.1 Å². The number of ether oxygens (including phenoxy) is 1. The summed E-state index contributed by atoms with van der Waals surface area (Å²) in [5.74, 6) is 1.56. The van der Waals surface area contributed by atoms with E-state index in [4.69, 9.17) is 10.5 Å². The highest BCUT2D eigenvalue weighted by atomic mass is 32.1. The first kappa shape index (κ1) is 17.5. The smallest absolute Gasteiger partial charge is 0.191 e. The zero-order valence-electron chi connectivity index (χ0n) is 14.6. The molecule has 134 valence electrons. The quantitative estimate of drug-likeness (QED) is 0.487. The molecule has 3 rings (SSSR count). The number of hydrogen-bond acceptors (Lipinski definition) is 5. The molecule has 0 radical (unpaired) electrons. The van der Waals surface area contributed by atoms with Crippen LogP contribution in [0.15, 0.2) is 40.8 Å². The second kappa shape index (κ2) is 8.71. The molecule has 1 saturated heterocycles. The van der Waals surface area contributed by atoms with Crippen LogP contribution in [0.3, 0.4) is 0 Å². The van der Waals surface area contributed by atoms with E-state index < -0.39 is 0 Å². The van der Waals surface area contributed by atoms with E-state index in [0.29, 0.717) is 5.96 Å². The highest BCUT2D eigenvalue weighted by Gasteiger charge is 2.19. The largest absolute Gasteiger partial charge is 0.497 e. The van der Waals surface area contributed by atoms with Gasteiger partial charge < -0.3 is 20.3 Å². The van der Waals surface area contributed by atoms with Gasteiger partial charge in [-0.1, -0.05) is 12.1 Å². The van der Waals surface area contributed by atoms with Gasteiger partial charge in [0.25, 0.3) is 0 Å². The Balaban J connectivity index is 1.41. The van der Waals surface area contributed by atoms with Gasteiger partial charge in [-0.2, -0.15) is 0 Å². The van der Waals surface area contributed by atoms with Gasteiger partial charge in [-0.15, -0.1) is 11.3 Å². The van der Waals surface area contributed by atoms with Crippen LogP contribution in [0.1, 0.15) is 12.0 Å². The Kier molecular flexibility index (Phi) is 6.11. The molecule has 2 aromatic rings. The van der Waals surface area contributed by atoms with Crippen molar-refractivity contribution in [3.63, 3.8) is 0 Å². The van der Waals surface area contributed by atoms with Crippen LogP contribution in [-0.2, 0) is 6.42 Å². The van der Waals surface area contributed by atoms with E-state index in [-0.39, 0.29) is 0 Å². The molecule has 0 spiro atoms. The molecule has 0 unspecified atom stereocenters. The number of aromatic nitrogens is 1. The highest BCUT2D eigenvalue weighted by Crippen LogP contribution is 2.18. The van der Waals surface area contributed by atoms with Crippen molar-refractivity contribution >= 4 is 22.4 Å². The number of aliphatic imine (C=N–C) groups is 1. The molecular weight excluding hydrogens is 334 g/mol. The summed E-state index contributed by atoms with van der Waals surface area (Å²) in [7, 11) is 1.69. The molecule has 2 heterocycles. The first-order valence-corrected chi connectivity index (χ1v) is 9.46. The number of piperazine rings is 1. The van der Waals surface area contributed by atoms with Crippen LogP contribution in [-0.4, -0.2) is 55.7 Å². The summed E-state index contributed by atoms with van der Waals surface area (Å²) in [6, 6.07) is 8.18. The fourth-order valence-corrected chi connectivity index (χ4v) is 3.60. The first-order valence-electron chi connectivity index (χ1n) is 8.58. The number of rotatable bonds is 6. The maximum absolute atomic E-state index is 6.16. The van der Waals surface area contributed by atoms with E-state index in [1.54, 1.807) is 18.4 Å². The number of nitrogens with zero attached hydrogens (tertiary/aromatic N) is 4. The normalized spacial score (nSPS) is 15.5. The minimum absolute atomic E-state index is 0.657. The van der Waals surface area contributed by atoms with Crippen molar-refractivity contribution in [2.75, 3.05) is 44.7 Å². The highest BCUT2D eigenvalue weighted by molar-refractivity contribution is 7.13. The number of nitrogens with two attached hydrogens (primary N) is 1. The lowest BCUT2D eigenvalue weighted by Crippen LogP contribution is -2.51. The molecule has 1 aliphatic heterocycles. The summed E-state index contributed by atoms with van der Waals surface area (Å²) in [4.78, 5) is 13.4. The lowest BCUT2D eigenvalue weighted by molar-refractivity contribution is 0.380. The van der Waals surface area contributed by atoms with Crippen LogP contribution < -0.4 is 15.4 Å². The third kappa shape index (κ3) is 4.85. The number of thiazole rings is 1. The van der Waals surface area contributed by atoms with Crippen molar-refractivity contribution in [2.45, 2.75) is 12.8 Å². The van der Waals surface area contributed by atoms with Crippen LogP contribution >= 0.6 is 11.3 Å². The van der Waals surface area contributed by atoms with Crippen molar-refractivity contribution < 1.29 is 4.74 Å². The molecule has 0 amide bonds. The second-order valence-corrected chi connectivity index (χ2v) is 6.86. The minimum Gasteiger partial charge on any atom is -0.497 e. The SMILES string of the molecule is COc1cccc(CCCN=C(N)N2CCN(c3nccs3)CC2)c1. The number of methoxy groups -OCH3 is 1. The molecule has 0 aliphatic carbocycles. The maximum Gasteiger partial charge on any atom is 0.191 e. The molecule has 1 aromatic heterocycles. The van der Waals surface area contributed by atoms with E-state index in [0.717, 1.165) is 56.4 Å². The van der Waals surface area contributed by atoms with Crippen LogP contribution in [0.5, 0.6) is 5.75 Å². The molecule has 1 fully saturated rings. The average Bonchev–Trinajstić information content (AvgIpc) is 3.20.